The van der Waals surface area contributed by atoms with E-state index in [0.717, 1.165) is 5.56 Å². The van der Waals surface area contributed by atoms with Crippen molar-refractivity contribution in [1.29, 1.82) is 0 Å². The quantitative estimate of drug-likeness (QED) is 0.620. The molecule has 4 rings (SSSR count). The van der Waals surface area contributed by atoms with Crippen LogP contribution in [0.15, 0.2) is 59.1 Å². The van der Waals surface area contributed by atoms with Gasteiger partial charge in [-0.25, -0.2) is 13.4 Å². The molecule has 3 heterocycles. The highest BCUT2D eigenvalue weighted by molar-refractivity contribution is 7.89. The lowest BCUT2D eigenvalue weighted by Crippen LogP contribution is -2.41. The molecule has 1 amide bonds. The van der Waals surface area contributed by atoms with Crippen molar-refractivity contribution in [2.24, 2.45) is 5.92 Å². The Balaban J connectivity index is 1.37. The number of carbonyl (C=O) groups excluding carboxylic acids is 1. The van der Waals surface area contributed by atoms with Crippen LogP contribution >= 0.6 is 22.9 Å². The highest BCUT2D eigenvalue weighted by atomic mass is 35.5. The third kappa shape index (κ3) is 4.39. The van der Waals surface area contributed by atoms with Crippen LogP contribution in [-0.2, 0) is 14.8 Å². The molecule has 1 aliphatic rings. The van der Waals surface area contributed by atoms with Crippen molar-refractivity contribution in [2.75, 3.05) is 18.4 Å². The monoisotopic (exact) mass is 462 g/mol. The van der Waals surface area contributed by atoms with Crippen LogP contribution in [-0.4, -0.2) is 41.7 Å². The zero-order valence-electron chi connectivity index (χ0n) is 15.9. The molecule has 10 heteroatoms. The van der Waals surface area contributed by atoms with Crippen molar-refractivity contribution in [3.05, 3.63) is 59.2 Å². The average Bonchev–Trinajstić information content (AvgIpc) is 3.23. The minimum Gasteiger partial charge on any atom is -0.302 e. The maximum absolute atomic E-state index is 12.7. The van der Waals surface area contributed by atoms with Gasteiger partial charge < -0.3 is 5.32 Å². The molecule has 0 atom stereocenters. The first kappa shape index (κ1) is 20.9. The summed E-state index contributed by atoms with van der Waals surface area (Å²) in [6.07, 6.45) is 3.78. The molecule has 1 N–H and O–H groups in total. The fraction of sp³-hybridized carbons (Fsp3) is 0.250. The standard InChI is InChI=1S/C20H19ClN4O3S2/c21-17-6-2-1-5-16(17)18-13-29-20(23-18)24-19(26)14-7-10-25(11-8-14)30(27,28)15-4-3-9-22-12-15/h1-6,9,12-14H,7-8,10-11H2,(H,23,24,26). The van der Waals surface area contributed by atoms with Crippen LogP contribution < -0.4 is 5.32 Å². The molecule has 1 fully saturated rings. The van der Waals surface area contributed by atoms with Crippen molar-refractivity contribution in [3.8, 4) is 11.3 Å². The molecule has 0 aliphatic carbocycles. The van der Waals surface area contributed by atoms with Crippen molar-refractivity contribution >= 4 is 44.0 Å². The Labute approximate surface area is 183 Å². The van der Waals surface area contributed by atoms with Crippen molar-refractivity contribution in [3.63, 3.8) is 0 Å². The molecule has 30 heavy (non-hydrogen) atoms. The minimum atomic E-state index is -3.59. The maximum Gasteiger partial charge on any atom is 0.244 e. The number of hydrogen-bond acceptors (Lipinski definition) is 6. The molecule has 2 aromatic heterocycles. The third-order valence-electron chi connectivity index (χ3n) is 4.98. The average molecular weight is 463 g/mol. The first-order valence-corrected chi connectivity index (χ1v) is 12.1. The van der Waals surface area contributed by atoms with Crippen molar-refractivity contribution in [2.45, 2.75) is 17.7 Å². The number of amides is 1. The summed E-state index contributed by atoms with van der Waals surface area (Å²) >= 11 is 7.54. The molecule has 0 radical (unpaired) electrons. The molecular weight excluding hydrogens is 444 g/mol. The van der Waals surface area contributed by atoms with E-state index < -0.39 is 10.0 Å². The lowest BCUT2D eigenvalue weighted by atomic mass is 9.97. The van der Waals surface area contributed by atoms with Gasteiger partial charge in [-0.15, -0.1) is 11.3 Å². The van der Waals surface area contributed by atoms with Gasteiger partial charge in [-0.05, 0) is 31.0 Å². The SMILES string of the molecule is O=C(Nc1nc(-c2ccccc2Cl)cs1)C1CCN(S(=O)(=O)c2cccnc2)CC1. The third-order valence-corrected chi connectivity index (χ3v) is 7.95. The number of carbonyl (C=O) groups is 1. The topological polar surface area (TPSA) is 92.3 Å². The summed E-state index contributed by atoms with van der Waals surface area (Å²) in [7, 11) is -3.59. The number of benzene rings is 1. The van der Waals surface area contributed by atoms with Gasteiger partial charge in [-0.3, -0.25) is 9.78 Å². The zero-order valence-corrected chi connectivity index (χ0v) is 18.3. The molecule has 1 saturated heterocycles. The zero-order chi connectivity index (χ0) is 21.1. The van der Waals surface area contributed by atoms with E-state index in [0.29, 0.717) is 28.7 Å². The molecule has 0 bridgehead atoms. The highest BCUT2D eigenvalue weighted by Crippen LogP contribution is 2.31. The Bertz CT molecular complexity index is 1140. The number of sulfonamides is 1. The van der Waals surface area contributed by atoms with Crippen molar-refractivity contribution < 1.29 is 13.2 Å². The number of rotatable bonds is 5. The summed E-state index contributed by atoms with van der Waals surface area (Å²) in [6, 6.07) is 10.5. The second-order valence-corrected chi connectivity index (χ2v) is 10.1. The van der Waals surface area contributed by atoms with E-state index in [4.69, 9.17) is 11.6 Å². The first-order valence-electron chi connectivity index (χ1n) is 9.36. The van der Waals surface area contributed by atoms with E-state index in [1.54, 1.807) is 12.1 Å². The summed E-state index contributed by atoms with van der Waals surface area (Å²) in [5.74, 6) is -0.411. The number of halogens is 1. The number of aromatic nitrogens is 2. The lowest BCUT2D eigenvalue weighted by molar-refractivity contribution is -0.120. The fourth-order valence-corrected chi connectivity index (χ4v) is 5.72. The van der Waals surface area contributed by atoms with Crippen LogP contribution in [0.2, 0.25) is 5.02 Å². The molecule has 0 unspecified atom stereocenters. The summed E-state index contributed by atoms with van der Waals surface area (Å²) in [5.41, 5.74) is 1.52. The van der Waals surface area contributed by atoms with Crippen LogP contribution in [0.25, 0.3) is 11.3 Å². The minimum absolute atomic E-state index is 0.145. The molecular formula is C20H19ClN4O3S2. The number of thiazole rings is 1. The Kier molecular flexibility index (Phi) is 6.14. The fourth-order valence-electron chi connectivity index (χ4n) is 3.34. The van der Waals surface area contributed by atoms with E-state index in [-0.39, 0.29) is 29.8 Å². The van der Waals surface area contributed by atoms with E-state index in [1.807, 2.05) is 23.6 Å². The number of piperidine rings is 1. The van der Waals surface area contributed by atoms with E-state index in [2.05, 4.69) is 15.3 Å². The Hall–Kier alpha value is -2.33. The predicted molar refractivity (Wildman–Crippen MR) is 117 cm³/mol. The highest BCUT2D eigenvalue weighted by Gasteiger charge is 2.32. The summed E-state index contributed by atoms with van der Waals surface area (Å²) in [5, 5.41) is 5.80. The van der Waals surface area contributed by atoms with Crippen LogP contribution in [0.5, 0.6) is 0 Å². The smallest absolute Gasteiger partial charge is 0.244 e. The van der Waals surface area contributed by atoms with Gasteiger partial charge in [0.2, 0.25) is 15.9 Å². The van der Waals surface area contributed by atoms with Gasteiger partial charge in [0.1, 0.15) is 4.90 Å². The van der Waals surface area contributed by atoms with Gasteiger partial charge in [0.15, 0.2) is 5.13 Å². The lowest BCUT2D eigenvalue weighted by Gasteiger charge is -2.30. The second-order valence-electron chi connectivity index (χ2n) is 6.87. The van der Waals surface area contributed by atoms with Crippen LogP contribution in [0.4, 0.5) is 5.13 Å². The maximum atomic E-state index is 12.7. The molecule has 1 aromatic carbocycles. The molecule has 1 aliphatic heterocycles. The van der Waals surface area contributed by atoms with Gasteiger partial charge in [-0.2, -0.15) is 4.31 Å². The first-order chi connectivity index (χ1) is 14.4. The van der Waals surface area contributed by atoms with Gasteiger partial charge in [0.25, 0.3) is 0 Å². The molecule has 7 nitrogen and oxygen atoms in total. The summed E-state index contributed by atoms with van der Waals surface area (Å²) in [4.78, 5) is 21.2. The number of pyridine rings is 1. The van der Waals surface area contributed by atoms with Gasteiger partial charge >= 0.3 is 0 Å². The number of hydrogen-bond donors (Lipinski definition) is 1. The summed E-state index contributed by atoms with van der Waals surface area (Å²) in [6.45, 7) is 0.579. The number of anilines is 1. The van der Waals surface area contributed by atoms with E-state index in [1.165, 1.54) is 34.1 Å². The van der Waals surface area contributed by atoms with E-state index in [9.17, 15) is 13.2 Å². The second kappa shape index (κ2) is 8.81. The Morgan fingerprint density at radius 1 is 1.17 bits per heavy atom. The Morgan fingerprint density at radius 2 is 1.93 bits per heavy atom. The molecule has 0 saturated carbocycles. The van der Waals surface area contributed by atoms with Crippen LogP contribution in [0.1, 0.15) is 12.8 Å². The van der Waals surface area contributed by atoms with Gasteiger partial charge in [0.05, 0.1) is 5.69 Å². The largest absolute Gasteiger partial charge is 0.302 e. The van der Waals surface area contributed by atoms with Crippen LogP contribution in [0, 0.1) is 5.92 Å². The molecule has 156 valence electrons. The predicted octanol–water partition coefficient (Wildman–Crippen LogP) is 3.90. The van der Waals surface area contributed by atoms with E-state index >= 15 is 0 Å². The Morgan fingerprint density at radius 3 is 2.63 bits per heavy atom. The van der Waals surface area contributed by atoms with Crippen molar-refractivity contribution in [1.82, 2.24) is 14.3 Å². The van der Waals surface area contributed by atoms with Gasteiger partial charge in [0, 0.05) is 47.4 Å². The van der Waals surface area contributed by atoms with Crippen LogP contribution in [0.3, 0.4) is 0 Å². The normalized spacial score (nSPS) is 15.8. The number of nitrogens with zero attached hydrogens (tertiary/aromatic N) is 3. The summed E-state index contributed by atoms with van der Waals surface area (Å²) < 4.78 is 26.8. The van der Waals surface area contributed by atoms with Gasteiger partial charge in [-0.1, -0.05) is 29.8 Å². The number of nitrogens with one attached hydrogen (secondary N) is 1. The molecule has 3 aromatic rings. The molecule has 0 spiro atoms.